The van der Waals surface area contributed by atoms with Gasteiger partial charge in [0.1, 0.15) is 5.54 Å². The van der Waals surface area contributed by atoms with Gasteiger partial charge in [-0.2, -0.15) is 0 Å². The van der Waals surface area contributed by atoms with Crippen LogP contribution in [-0.2, 0) is 9.53 Å². The average molecular weight is 282 g/mol. The van der Waals surface area contributed by atoms with Crippen molar-refractivity contribution in [2.24, 2.45) is 0 Å². The van der Waals surface area contributed by atoms with Crippen LogP contribution in [0.1, 0.15) is 58.8 Å². The van der Waals surface area contributed by atoms with Crippen LogP contribution in [0.3, 0.4) is 0 Å². The van der Waals surface area contributed by atoms with Crippen LogP contribution in [0.4, 0.5) is 0 Å². The van der Waals surface area contributed by atoms with E-state index in [2.05, 4.69) is 17.1 Å². The molecule has 2 fully saturated rings. The average Bonchev–Trinajstić information content (AvgIpc) is 2.94. The molecule has 1 saturated heterocycles. The first kappa shape index (κ1) is 15.8. The molecular weight excluding hydrogens is 252 g/mol. The number of likely N-dealkylation sites (tertiary alicyclic amines) is 1. The molecule has 1 aliphatic heterocycles. The van der Waals surface area contributed by atoms with Gasteiger partial charge in [0.05, 0.1) is 6.61 Å². The zero-order valence-electron chi connectivity index (χ0n) is 13.1. The quantitative estimate of drug-likeness (QED) is 0.759. The second-order valence-corrected chi connectivity index (χ2v) is 6.27. The number of esters is 1. The number of ether oxygens (including phenoxy) is 1. The van der Waals surface area contributed by atoms with Gasteiger partial charge in [0.25, 0.3) is 0 Å². The van der Waals surface area contributed by atoms with E-state index in [0.717, 1.165) is 32.5 Å². The molecule has 2 aliphatic rings. The van der Waals surface area contributed by atoms with Gasteiger partial charge in [0.15, 0.2) is 0 Å². The molecule has 116 valence electrons. The summed E-state index contributed by atoms with van der Waals surface area (Å²) in [7, 11) is 0. The van der Waals surface area contributed by atoms with E-state index in [1.807, 2.05) is 6.92 Å². The van der Waals surface area contributed by atoms with Crippen molar-refractivity contribution >= 4 is 5.97 Å². The van der Waals surface area contributed by atoms with Crippen LogP contribution >= 0.6 is 0 Å². The van der Waals surface area contributed by atoms with Crippen molar-refractivity contribution in [3.05, 3.63) is 0 Å². The molecular formula is C16H30N2O2. The lowest BCUT2D eigenvalue weighted by molar-refractivity contribution is -0.154. The van der Waals surface area contributed by atoms with Crippen molar-refractivity contribution in [3.8, 4) is 0 Å². The van der Waals surface area contributed by atoms with E-state index in [9.17, 15) is 4.79 Å². The molecule has 2 rings (SSSR count). The van der Waals surface area contributed by atoms with Crippen molar-refractivity contribution in [2.45, 2.75) is 70.4 Å². The lowest BCUT2D eigenvalue weighted by Gasteiger charge is -2.42. The molecule has 0 aromatic heterocycles. The Morgan fingerprint density at radius 1 is 1.25 bits per heavy atom. The Hall–Kier alpha value is -0.610. The van der Waals surface area contributed by atoms with Gasteiger partial charge in [-0.25, -0.2) is 0 Å². The minimum Gasteiger partial charge on any atom is -0.465 e. The number of piperidine rings is 1. The maximum absolute atomic E-state index is 12.5. The Balaban J connectivity index is 1.99. The van der Waals surface area contributed by atoms with Crippen LogP contribution in [0.15, 0.2) is 0 Å². The van der Waals surface area contributed by atoms with Crippen molar-refractivity contribution in [3.63, 3.8) is 0 Å². The van der Waals surface area contributed by atoms with Crippen molar-refractivity contribution in [1.82, 2.24) is 10.2 Å². The maximum atomic E-state index is 12.5. The molecule has 0 aromatic carbocycles. The van der Waals surface area contributed by atoms with Crippen LogP contribution in [0.5, 0.6) is 0 Å². The smallest absolute Gasteiger partial charge is 0.326 e. The first-order valence-electron chi connectivity index (χ1n) is 8.37. The number of nitrogens with zero attached hydrogens (tertiary/aromatic N) is 1. The molecule has 4 heteroatoms. The number of carbonyl (C=O) groups is 1. The predicted octanol–water partition coefficient (Wildman–Crippen LogP) is 2.33. The first-order valence-corrected chi connectivity index (χ1v) is 8.37. The lowest BCUT2D eigenvalue weighted by atomic mass is 9.86. The molecule has 4 nitrogen and oxygen atoms in total. The highest BCUT2D eigenvalue weighted by Gasteiger charge is 2.44. The number of hydrogen-bond acceptors (Lipinski definition) is 4. The van der Waals surface area contributed by atoms with Gasteiger partial charge in [-0.3, -0.25) is 10.1 Å². The summed E-state index contributed by atoms with van der Waals surface area (Å²) in [5.74, 6) is -0.0250. The Labute approximate surface area is 123 Å². The monoisotopic (exact) mass is 282 g/mol. The van der Waals surface area contributed by atoms with Crippen molar-refractivity contribution in [1.29, 1.82) is 0 Å². The SMILES string of the molecule is CCCN1CCC(NC2CCCC2)(C(=O)OCC)CC1. The van der Waals surface area contributed by atoms with Gasteiger partial charge in [-0.15, -0.1) is 0 Å². The molecule has 0 unspecified atom stereocenters. The highest BCUT2D eigenvalue weighted by Crippen LogP contribution is 2.28. The van der Waals surface area contributed by atoms with Crippen molar-refractivity contribution < 1.29 is 9.53 Å². The third-order valence-corrected chi connectivity index (χ3v) is 4.75. The fourth-order valence-corrected chi connectivity index (χ4v) is 3.61. The molecule has 0 amide bonds. The maximum Gasteiger partial charge on any atom is 0.326 e. The van der Waals surface area contributed by atoms with Gasteiger partial charge < -0.3 is 9.64 Å². The van der Waals surface area contributed by atoms with Crippen LogP contribution in [0, 0.1) is 0 Å². The summed E-state index contributed by atoms with van der Waals surface area (Å²) in [6, 6.07) is 0.511. The molecule has 20 heavy (non-hydrogen) atoms. The minimum absolute atomic E-state index is 0.0250. The summed E-state index contributed by atoms with van der Waals surface area (Å²) in [5, 5.41) is 3.68. The van der Waals surface area contributed by atoms with E-state index >= 15 is 0 Å². The summed E-state index contributed by atoms with van der Waals surface area (Å²) in [6.07, 6.45) is 7.96. The summed E-state index contributed by atoms with van der Waals surface area (Å²) in [4.78, 5) is 14.9. The zero-order chi connectivity index (χ0) is 14.4. The molecule has 1 heterocycles. The minimum atomic E-state index is -0.421. The molecule has 0 atom stereocenters. The van der Waals surface area contributed by atoms with E-state index in [0.29, 0.717) is 12.6 Å². The summed E-state index contributed by atoms with van der Waals surface area (Å²) < 4.78 is 5.37. The summed E-state index contributed by atoms with van der Waals surface area (Å²) in [6.45, 7) is 7.74. The van der Waals surface area contributed by atoms with Crippen LogP contribution < -0.4 is 5.32 Å². The van der Waals surface area contributed by atoms with Crippen LogP contribution in [0.2, 0.25) is 0 Å². The highest BCUT2D eigenvalue weighted by molar-refractivity contribution is 5.81. The lowest BCUT2D eigenvalue weighted by Crippen LogP contribution is -2.61. The Kier molecular flexibility index (Phi) is 5.85. The van der Waals surface area contributed by atoms with Crippen molar-refractivity contribution in [2.75, 3.05) is 26.2 Å². The number of nitrogens with one attached hydrogen (secondary N) is 1. The second kappa shape index (κ2) is 7.41. The highest BCUT2D eigenvalue weighted by atomic mass is 16.5. The molecule has 0 bridgehead atoms. The normalized spacial score (nSPS) is 23.9. The molecule has 0 radical (unpaired) electrons. The van der Waals surface area contributed by atoms with E-state index in [4.69, 9.17) is 4.74 Å². The molecule has 1 aliphatic carbocycles. The Bertz CT molecular complexity index is 306. The number of carbonyl (C=O) groups excluding carboxylic acids is 1. The molecule has 1 N–H and O–H groups in total. The predicted molar refractivity (Wildman–Crippen MR) is 80.7 cm³/mol. The fourth-order valence-electron chi connectivity index (χ4n) is 3.61. The fraction of sp³-hybridized carbons (Fsp3) is 0.938. The van der Waals surface area contributed by atoms with E-state index in [1.165, 1.54) is 32.1 Å². The van der Waals surface area contributed by atoms with Gasteiger partial charge in [0, 0.05) is 19.1 Å². The van der Waals surface area contributed by atoms with Gasteiger partial charge >= 0.3 is 5.97 Å². The standard InChI is InChI=1S/C16H30N2O2/c1-3-11-18-12-9-16(10-13-18,15(19)20-4-2)17-14-7-5-6-8-14/h14,17H,3-13H2,1-2H3. The van der Waals surface area contributed by atoms with Gasteiger partial charge in [0.2, 0.25) is 0 Å². The van der Waals surface area contributed by atoms with E-state index < -0.39 is 5.54 Å². The van der Waals surface area contributed by atoms with E-state index in [1.54, 1.807) is 0 Å². The topological polar surface area (TPSA) is 41.6 Å². The number of rotatable bonds is 6. The van der Waals surface area contributed by atoms with Crippen LogP contribution in [-0.4, -0.2) is 48.7 Å². The molecule has 1 saturated carbocycles. The third kappa shape index (κ3) is 3.73. The zero-order valence-corrected chi connectivity index (χ0v) is 13.1. The first-order chi connectivity index (χ1) is 9.70. The summed E-state index contributed by atoms with van der Waals surface area (Å²) >= 11 is 0. The van der Waals surface area contributed by atoms with Gasteiger partial charge in [-0.1, -0.05) is 19.8 Å². The van der Waals surface area contributed by atoms with Gasteiger partial charge in [-0.05, 0) is 45.6 Å². The summed E-state index contributed by atoms with van der Waals surface area (Å²) in [5.41, 5.74) is -0.421. The Morgan fingerprint density at radius 3 is 2.45 bits per heavy atom. The third-order valence-electron chi connectivity index (χ3n) is 4.75. The molecule has 0 aromatic rings. The van der Waals surface area contributed by atoms with Crippen LogP contribution in [0.25, 0.3) is 0 Å². The largest absolute Gasteiger partial charge is 0.465 e. The Morgan fingerprint density at radius 2 is 1.90 bits per heavy atom. The second-order valence-electron chi connectivity index (χ2n) is 6.27. The number of hydrogen-bond donors (Lipinski definition) is 1. The molecule has 0 spiro atoms. The van der Waals surface area contributed by atoms with E-state index in [-0.39, 0.29) is 5.97 Å².